The maximum Gasteiger partial charge on any atom is 0.257 e. The third-order valence-corrected chi connectivity index (χ3v) is 4.75. The van der Waals surface area contributed by atoms with Crippen molar-refractivity contribution in [2.24, 2.45) is 7.05 Å². The molecular weight excluding hydrogens is 366 g/mol. The number of hydrogen-bond acceptors (Lipinski definition) is 6. The second-order valence-electron chi connectivity index (χ2n) is 6.39. The Bertz CT molecular complexity index is 1050. The number of aromatic nitrogens is 5. The highest BCUT2D eigenvalue weighted by atomic mass is 35.5. The summed E-state index contributed by atoms with van der Waals surface area (Å²) in [6.45, 7) is 2.51. The number of carbonyl (C=O) groups is 1. The summed E-state index contributed by atoms with van der Waals surface area (Å²) >= 11 is 6.18. The van der Waals surface area contributed by atoms with Crippen LogP contribution in [-0.2, 0) is 20.0 Å². The van der Waals surface area contributed by atoms with E-state index in [2.05, 4.69) is 32.6 Å². The Labute approximate surface area is 161 Å². The van der Waals surface area contributed by atoms with E-state index in [0.717, 1.165) is 23.2 Å². The SMILES string of the molecule is CCc1c(Nc2cc(Cl)nc3c2C(=O)N(C)C3)cccc1-c1nnn(C)n1. The van der Waals surface area contributed by atoms with Gasteiger partial charge in [0.05, 0.1) is 30.5 Å². The van der Waals surface area contributed by atoms with Crippen LogP contribution in [0.1, 0.15) is 28.5 Å². The lowest BCUT2D eigenvalue weighted by atomic mass is 10.0. The summed E-state index contributed by atoms with van der Waals surface area (Å²) < 4.78 is 0. The molecule has 0 bridgehead atoms. The lowest BCUT2D eigenvalue weighted by Crippen LogP contribution is -2.18. The van der Waals surface area contributed by atoms with Gasteiger partial charge in [-0.25, -0.2) is 4.98 Å². The number of carbonyl (C=O) groups excluding carboxylic acids is 1. The number of amides is 1. The molecule has 0 fully saturated rings. The highest BCUT2D eigenvalue weighted by molar-refractivity contribution is 6.30. The summed E-state index contributed by atoms with van der Waals surface area (Å²) in [5.74, 6) is 0.494. The van der Waals surface area contributed by atoms with Gasteiger partial charge >= 0.3 is 0 Å². The number of tetrazole rings is 1. The Morgan fingerprint density at radius 3 is 2.78 bits per heavy atom. The van der Waals surface area contributed by atoms with Gasteiger partial charge in [-0.05, 0) is 29.3 Å². The number of nitrogens with one attached hydrogen (secondary N) is 1. The molecule has 0 saturated heterocycles. The van der Waals surface area contributed by atoms with Crippen molar-refractivity contribution >= 4 is 28.9 Å². The fourth-order valence-corrected chi connectivity index (χ4v) is 3.55. The quantitative estimate of drug-likeness (QED) is 0.697. The Kier molecular flexibility index (Phi) is 4.27. The molecule has 9 heteroatoms. The predicted molar refractivity (Wildman–Crippen MR) is 102 cm³/mol. The fourth-order valence-electron chi connectivity index (χ4n) is 3.33. The Hall–Kier alpha value is -3.00. The molecule has 0 saturated carbocycles. The second-order valence-corrected chi connectivity index (χ2v) is 6.78. The van der Waals surface area contributed by atoms with Gasteiger partial charge in [-0.15, -0.1) is 10.2 Å². The number of benzene rings is 1. The van der Waals surface area contributed by atoms with Gasteiger partial charge in [0.15, 0.2) is 0 Å². The lowest BCUT2D eigenvalue weighted by molar-refractivity contribution is 0.0817. The number of hydrogen-bond donors (Lipinski definition) is 1. The third kappa shape index (κ3) is 3.02. The lowest BCUT2D eigenvalue weighted by Gasteiger charge is -2.16. The second kappa shape index (κ2) is 6.62. The standard InChI is InChI=1S/C18H18ClN7O/c1-4-10-11(17-22-24-26(3)23-17)6-5-7-12(10)20-13-8-15(19)21-14-9-25(2)18(27)16(13)14/h5-8H,4,9H2,1-3H3,(H,20,21). The Morgan fingerprint density at radius 1 is 1.26 bits per heavy atom. The van der Waals surface area contributed by atoms with Crippen LogP contribution >= 0.6 is 11.6 Å². The largest absolute Gasteiger partial charge is 0.354 e. The fraction of sp³-hybridized carbons (Fsp3) is 0.278. The molecule has 0 aliphatic carbocycles. The first-order chi connectivity index (χ1) is 13.0. The highest BCUT2D eigenvalue weighted by Crippen LogP contribution is 2.34. The van der Waals surface area contributed by atoms with Gasteiger partial charge in [0.25, 0.3) is 5.91 Å². The van der Waals surface area contributed by atoms with E-state index in [9.17, 15) is 4.79 Å². The number of fused-ring (bicyclic) bond motifs is 1. The van der Waals surface area contributed by atoms with Crippen LogP contribution in [0.5, 0.6) is 0 Å². The molecule has 2 aromatic heterocycles. The van der Waals surface area contributed by atoms with Gasteiger partial charge in [0.1, 0.15) is 5.15 Å². The van der Waals surface area contributed by atoms with Crippen LogP contribution in [0.3, 0.4) is 0 Å². The summed E-state index contributed by atoms with van der Waals surface area (Å²) in [6, 6.07) is 7.53. The molecule has 1 aliphatic rings. The topological polar surface area (TPSA) is 88.8 Å². The smallest absolute Gasteiger partial charge is 0.257 e. The summed E-state index contributed by atoms with van der Waals surface area (Å²) in [5, 5.41) is 16.1. The van der Waals surface area contributed by atoms with Crippen molar-refractivity contribution in [3.05, 3.63) is 46.2 Å². The predicted octanol–water partition coefficient (Wildman–Crippen LogP) is 2.82. The Balaban J connectivity index is 1.80. The maximum atomic E-state index is 12.5. The number of pyridine rings is 1. The first-order valence-corrected chi connectivity index (χ1v) is 8.94. The van der Waals surface area contributed by atoms with E-state index in [1.807, 2.05) is 18.2 Å². The number of anilines is 2. The van der Waals surface area contributed by atoms with E-state index < -0.39 is 0 Å². The summed E-state index contributed by atoms with van der Waals surface area (Å²) in [5.41, 5.74) is 4.70. The van der Waals surface area contributed by atoms with Crippen molar-refractivity contribution in [2.45, 2.75) is 19.9 Å². The molecule has 0 unspecified atom stereocenters. The first-order valence-electron chi connectivity index (χ1n) is 8.56. The molecule has 1 aliphatic heterocycles. The molecule has 0 atom stereocenters. The van der Waals surface area contributed by atoms with Gasteiger partial charge < -0.3 is 10.2 Å². The van der Waals surface area contributed by atoms with E-state index in [1.165, 1.54) is 4.80 Å². The van der Waals surface area contributed by atoms with Crippen molar-refractivity contribution in [1.29, 1.82) is 0 Å². The average Bonchev–Trinajstić information content (AvgIpc) is 3.18. The van der Waals surface area contributed by atoms with E-state index >= 15 is 0 Å². The summed E-state index contributed by atoms with van der Waals surface area (Å²) in [4.78, 5) is 19.9. The average molecular weight is 384 g/mol. The van der Waals surface area contributed by atoms with Gasteiger partial charge in [-0.3, -0.25) is 4.79 Å². The first kappa shape index (κ1) is 17.4. The molecule has 4 rings (SSSR count). The minimum atomic E-state index is -0.0681. The highest BCUT2D eigenvalue weighted by Gasteiger charge is 2.30. The molecule has 3 heterocycles. The monoisotopic (exact) mass is 383 g/mol. The normalized spacial score (nSPS) is 13.2. The van der Waals surface area contributed by atoms with Crippen LogP contribution in [0.25, 0.3) is 11.4 Å². The van der Waals surface area contributed by atoms with Crippen molar-refractivity contribution in [3.63, 3.8) is 0 Å². The number of nitrogens with zero attached hydrogens (tertiary/aromatic N) is 6. The molecule has 27 heavy (non-hydrogen) atoms. The minimum absolute atomic E-state index is 0.0681. The Morgan fingerprint density at radius 2 is 2.07 bits per heavy atom. The van der Waals surface area contributed by atoms with Crippen LogP contribution in [0.15, 0.2) is 24.3 Å². The third-order valence-electron chi connectivity index (χ3n) is 4.56. The van der Waals surface area contributed by atoms with Crippen LogP contribution < -0.4 is 5.32 Å². The van der Waals surface area contributed by atoms with Crippen molar-refractivity contribution < 1.29 is 4.79 Å². The molecule has 1 amide bonds. The van der Waals surface area contributed by atoms with Crippen LogP contribution in [-0.4, -0.2) is 43.0 Å². The molecule has 1 N–H and O–H groups in total. The summed E-state index contributed by atoms with van der Waals surface area (Å²) in [6.07, 6.45) is 0.756. The maximum absolute atomic E-state index is 12.5. The number of aryl methyl sites for hydroxylation is 1. The van der Waals surface area contributed by atoms with Gasteiger partial charge in [-0.2, -0.15) is 4.80 Å². The molecule has 8 nitrogen and oxygen atoms in total. The number of halogens is 1. The van der Waals surface area contributed by atoms with E-state index in [-0.39, 0.29) is 5.91 Å². The molecule has 3 aromatic rings. The zero-order chi connectivity index (χ0) is 19.1. The van der Waals surface area contributed by atoms with Gasteiger partial charge in [0, 0.05) is 18.3 Å². The molecule has 138 valence electrons. The summed E-state index contributed by atoms with van der Waals surface area (Å²) in [7, 11) is 3.48. The van der Waals surface area contributed by atoms with E-state index in [4.69, 9.17) is 11.6 Å². The van der Waals surface area contributed by atoms with Crippen LogP contribution in [0.2, 0.25) is 5.15 Å². The molecule has 0 radical (unpaired) electrons. The van der Waals surface area contributed by atoms with Crippen molar-refractivity contribution in [1.82, 2.24) is 30.1 Å². The molecular formula is C18H18ClN7O. The van der Waals surface area contributed by atoms with E-state index in [0.29, 0.717) is 34.5 Å². The van der Waals surface area contributed by atoms with Gasteiger partial charge in [0.2, 0.25) is 5.82 Å². The molecule has 0 spiro atoms. The van der Waals surface area contributed by atoms with Gasteiger partial charge in [-0.1, -0.05) is 30.7 Å². The van der Waals surface area contributed by atoms with Crippen molar-refractivity contribution in [2.75, 3.05) is 12.4 Å². The van der Waals surface area contributed by atoms with Crippen molar-refractivity contribution in [3.8, 4) is 11.4 Å². The minimum Gasteiger partial charge on any atom is -0.354 e. The molecule has 1 aromatic carbocycles. The van der Waals surface area contributed by atoms with E-state index in [1.54, 1.807) is 25.1 Å². The zero-order valence-electron chi connectivity index (χ0n) is 15.2. The zero-order valence-corrected chi connectivity index (χ0v) is 15.9. The van der Waals surface area contributed by atoms with Crippen LogP contribution in [0.4, 0.5) is 11.4 Å². The van der Waals surface area contributed by atoms with Crippen LogP contribution in [0, 0.1) is 0 Å². The number of rotatable bonds is 4.